The monoisotopic (exact) mass is 477 g/mol. The number of nitrogens with two attached hydrogens (primary N) is 1. The fourth-order valence-electron chi connectivity index (χ4n) is 2.35. The number of nitrogens with zero attached hydrogens (tertiary/aromatic N) is 1. The van der Waals surface area contributed by atoms with E-state index in [1.807, 2.05) is 12.1 Å². The van der Waals surface area contributed by atoms with Crippen LogP contribution >= 0.6 is 33.9 Å². The van der Waals surface area contributed by atoms with E-state index < -0.39 is 17.8 Å². The number of fused-ring (bicyclic) bond motifs is 1. The third-order valence-electron chi connectivity index (χ3n) is 3.49. The number of carbonyl (C=O) groups excluding carboxylic acids is 1. The Hall–Kier alpha value is -1.88. The smallest absolute Gasteiger partial charge is 0.397 e. The maximum absolute atomic E-state index is 12.9. The first kappa shape index (κ1) is 17.9. The van der Waals surface area contributed by atoms with Crippen molar-refractivity contribution in [2.45, 2.75) is 13.1 Å². The van der Waals surface area contributed by atoms with Gasteiger partial charge >= 0.3 is 6.18 Å². The van der Waals surface area contributed by atoms with Crippen LogP contribution in [0.4, 0.5) is 24.5 Å². The number of benzene rings is 1. The molecule has 0 saturated heterocycles. The summed E-state index contributed by atoms with van der Waals surface area (Å²) >= 11 is 2.99. The molecule has 3 aromatic rings. The number of pyridine rings is 1. The predicted molar refractivity (Wildman–Crippen MR) is 101 cm³/mol. The number of aromatic nitrogens is 1. The van der Waals surface area contributed by atoms with Crippen LogP contribution in [0, 0.1) is 10.5 Å². The summed E-state index contributed by atoms with van der Waals surface area (Å²) in [5.41, 5.74) is 6.05. The van der Waals surface area contributed by atoms with Crippen LogP contribution in [0.2, 0.25) is 0 Å². The van der Waals surface area contributed by atoms with E-state index in [2.05, 4.69) is 32.9 Å². The number of anilines is 2. The molecule has 0 aliphatic carbocycles. The lowest BCUT2D eigenvalue weighted by Gasteiger charge is -2.07. The van der Waals surface area contributed by atoms with E-state index in [1.54, 1.807) is 12.1 Å². The highest BCUT2D eigenvalue weighted by molar-refractivity contribution is 14.1. The van der Waals surface area contributed by atoms with Crippen molar-refractivity contribution in [2.24, 2.45) is 0 Å². The van der Waals surface area contributed by atoms with Crippen LogP contribution in [-0.2, 0) is 6.18 Å². The van der Waals surface area contributed by atoms with Crippen molar-refractivity contribution in [2.75, 3.05) is 11.1 Å². The summed E-state index contributed by atoms with van der Waals surface area (Å²) in [6.45, 7) is 1.52. The fraction of sp³-hybridized carbons (Fsp3) is 0.125. The quantitative estimate of drug-likeness (QED) is 0.507. The molecule has 0 aliphatic heterocycles. The lowest BCUT2D eigenvalue weighted by Crippen LogP contribution is -2.11. The molecule has 0 spiro atoms. The van der Waals surface area contributed by atoms with Crippen LogP contribution in [0.25, 0.3) is 10.2 Å². The van der Waals surface area contributed by atoms with Crippen molar-refractivity contribution in [3.63, 3.8) is 0 Å². The molecule has 2 heterocycles. The summed E-state index contributed by atoms with van der Waals surface area (Å²) in [5, 5.41) is 3.07. The summed E-state index contributed by atoms with van der Waals surface area (Å²) < 4.78 is 39.7. The number of hydrogen-bond donors (Lipinski definition) is 2. The molecule has 1 aromatic carbocycles. The van der Waals surface area contributed by atoms with Gasteiger partial charge < -0.3 is 11.1 Å². The Morgan fingerprint density at radius 1 is 1.28 bits per heavy atom. The molecule has 0 fully saturated rings. The molecule has 4 nitrogen and oxygen atoms in total. The number of aryl methyl sites for hydroxylation is 1. The summed E-state index contributed by atoms with van der Waals surface area (Å²) in [6, 6.07) is 8.05. The van der Waals surface area contributed by atoms with E-state index >= 15 is 0 Å². The summed E-state index contributed by atoms with van der Waals surface area (Å²) in [6.07, 6.45) is -4.55. The highest BCUT2D eigenvalue weighted by atomic mass is 127. The number of nitrogen functional groups attached to an aromatic ring is 1. The number of halogens is 4. The van der Waals surface area contributed by atoms with Crippen LogP contribution in [-0.4, -0.2) is 10.9 Å². The van der Waals surface area contributed by atoms with E-state index in [1.165, 1.54) is 6.92 Å². The minimum atomic E-state index is -4.55. The number of rotatable bonds is 2. The Morgan fingerprint density at radius 2 is 1.92 bits per heavy atom. The Morgan fingerprint density at radius 3 is 2.52 bits per heavy atom. The molecule has 0 unspecified atom stereocenters. The lowest BCUT2D eigenvalue weighted by molar-refractivity contribution is -0.141. The molecule has 130 valence electrons. The predicted octanol–water partition coefficient (Wildman–Crippen LogP) is 5.06. The average molecular weight is 477 g/mol. The number of alkyl halides is 3. The molecule has 0 radical (unpaired) electrons. The van der Waals surface area contributed by atoms with Crippen molar-refractivity contribution in [1.82, 2.24) is 4.98 Å². The molecule has 0 aliphatic rings. The standard InChI is InChI=1S/C16H11F3IN3OS/c1-7-6-10(16(17,18)19)23-15-11(7)12(21)13(25-15)14(24)22-9-4-2-8(20)3-5-9/h2-6H,21H2,1H3,(H,22,24). The van der Waals surface area contributed by atoms with Gasteiger partial charge in [0.15, 0.2) is 0 Å². The van der Waals surface area contributed by atoms with E-state index in [0.717, 1.165) is 21.0 Å². The Kier molecular flexibility index (Phi) is 4.62. The number of thiophene rings is 1. The van der Waals surface area contributed by atoms with E-state index in [0.29, 0.717) is 16.6 Å². The Bertz CT molecular complexity index is 967. The topological polar surface area (TPSA) is 68.0 Å². The third-order valence-corrected chi connectivity index (χ3v) is 5.31. The molecular weight excluding hydrogens is 466 g/mol. The van der Waals surface area contributed by atoms with Crippen molar-refractivity contribution in [1.29, 1.82) is 0 Å². The molecule has 3 N–H and O–H groups in total. The highest BCUT2D eigenvalue weighted by Gasteiger charge is 2.34. The molecule has 9 heteroatoms. The summed E-state index contributed by atoms with van der Waals surface area (Å²) in [4.78, 5) is 16.3. The molecule has 3 rings (SSSR count). The summed E-state index contributed by atoms with van der Waals surface area (Å²) in [5.74, 6) is -0.477. The van der Waals surface area contributed by atoms with Crippen LogP contribution in [0.15, 0.2) is 30.3 Å². The Labute approximate surface area is 158 Å². The van der Waals surface area contributed by atoms with Gasteiger partial charge in [-0.25, -0.2) is 4.98 Å². The van der Waals surface area contributed by atoms with Gasteiger partial charge in [-0.15, -0.1) is 11.3 Å². The summed E-state index contributed by atoms with van der Waals surface area (Å²) in [7, 11) is 0. The fourth-order valence-corrected chi connectivity index (χ4v) is 3.77. The number of nitrogens with one attached hydrogen (secondary N) is 1. The number of carbonyl (C=O) groups is 1. The molecular formula is C16H11F3IN3OS. The van der Waals surface area contributed by atoms with E-state index in [9.17, 15) is 18.0 Å². The van der Waals surface area contributed by atoms with Gasteiger partial charge in [-0.2, -0.15) is 13.2 Å². The van der Waals surface area contributed by atoms with Gasteiger partial charge in [0, 0.05) is 14.6 Å². The molecule has 2 aromatic heterocycles. The Balaban J connectivity index is 2.02. The van der Waals surface area contributed by atoms with Crippen molar-refractivity contribution < 1.29 is 18.0 Å². The maximum Gasteiger partial charge on any atom is 0.433 e. The third kappa shape index (κ3) is 3.56. The van der Waals surface area contributed by atoms with Gasteiger partial charge in [-0.1, -0.05) is 0 Å². The van der Waals surface area contributed by atoms with Crippen molar-refractivity contribution in [3.05, 3.63) is 50.0 Å². The molecule has 0 atom stereocenters. The molecule has 0 saturated carbocycles. The van der Waals surface area contributed by atoms with E-state index in [4.69, 9.17) is 5.73 Å². The van der Waals surface area contributed by atoms with Gasteiger partial charge in [0.1, 0.15) is 15.4 Å². The first-order valence-corrected chi connectivity index (χ1v) is 8.90. The first-order valence-electron chi connectivity index (χ1n) is 7.00. The number of amides is 1. The van der Waals surface area contributed by atoms with Gasteiger partial charge in [-0.3, -0.25) is 4.79 Å². The van der Waals surface area contributed by atoms with Crippen molar-refractivity contribution in [3.8, 4) is 0 Å². The SMILES string of the molecule is Cc1cc(C(F)(F)F)nc2sc(C(=O)Nc3ccc(I)cc3)c(N)c12. The zero-order chi connectivity index (χ0) is 18.4. The number of hydrogen-bond acceptors (Lipinski definition) is 4. The average Bonchev–Trinajstić information content (AvgIpc) is 2.86. The largest absolute Gasteiger partial charge is 0.433 e. The van der Waals surface area contributed by atoms with Gasteiger partial charge in [0.2, 0.25) is 0 Å². The molecule has 25 heavy (non-hydrogen) atoms. The highest BCUT2D eigenvalue weighted by Crippen LogP contribution is 2.38. The maximum atomic E-state index is 12.9. The van der Waals surface area contributed by atoms with Crippen LogP contribution in [0.1, 0.15) is 20.9 Å². The second-order valence-corrected chi connectivity index (χ2v) is 7.55. The molecule has 0 bridgehead atoms. The second kappa shape index (κ2) is 6.45. The van der Waals surface area contributed by atoms with Crippen LogP contribution in [0.3, 0.4) is 0 Å². The lowest BCUT2D eigenvalue weighted by atomic mass is 10.1. The van der Waals surface area contributed by atoms with Crippen molar-refractivity contribution >= 4 is 61.4 Å². The van der Waals surface area contributed by atoms with E-state index in [-0.39, 0.29) is 15.4 Å². The minimum absolute atomic E-state index is 0.0950. The first-order chi connectivity index (χ1) is 11.7. The molecule has 1 amide bonds. The van der Waals surface area contributed by atoms with Gasteiger partial charge in [-0.05, 0) is 65.4 Å². The zero-order valence-corrected chi connectivity index (χ0v) is 15.7. The van der Waals surface area contributed by atoms with Crippen LogP contribution in [0.5, 0.6) is 0 Å². The zero-order valence-electron chi connectivity index (χ0n) is 12.7. The minimum Gasteiger partial charge on any atom is -0.397 e. The van der Waals surface area contributed by atoms with Crippen LogP contribution < -0.4 is 11.1 Å². The van der Waals surface area contributed by atoms with Gasteiger partial charge in [0.25, 0.3) is 5.91 Å². The van der Waals surface area contributed by atoms with Gasteiger partial charge in [0.05, 0.1) is 5.69 Å². The normalized spacial score (nSPS) is 11.7. The second-order valence-electron chi connectivity index (χ2n) is 5.31.